The van der Waals surface area contributed by atoms with Crippen LogP contribution in [-0.4, -0.2) is 77.3 Å². The summed E-state index contributed by atoms with van der Waals surface area (Å²) < 4.78 is 5.54. The van der Waals surface area contributed by atoms with Gasteiger partial charge in [0.2, 0.25) is 0 Å². The lowest BCUT2D eigenvalue weighted by molar-refractivity contribution is 0.0162. The lowest BCUT2D eigenvalue weighted by atomic mass is 10.0. The number of aromatic nitrogens is 2. The Hall–Kier alpha value is -0.410. The molecule has 1 atom stereocenters. The molecule has 1 aromatic carbocycles. The monoisotopic (exact) mass is 498 g/mol. The molecule has 3 rings (SSSR count). The number of nitrogens with zero attached hydrogens (tertiary/aromatic N) is 3. The van der Waals surface area contributed by atoms with Gasteiger partial charge in [-0.05, 0) is 32.4 Å². The number of methoxy groups -OCH3 is 1. The fourth-order valence-corrected chi connectivity index (χ4v) is 5.12. The zero-order chi connectivity index (χ0) is 20.3. The summed E-state index contributed by atoms with van der Waals surface area (Å²) in [6.45, 7) is 11.0. The maximum Gasteiger partial charge on any atom is 0.166 e. The molecule has 0 saturated carbocycles. The molecule has 10 heteroatoms. The summed E-state index contributed by atoms with van der Waals surface area (Å²) in [6, 6.07) is 4.07. The van der Waals surface area contributed by atoms with Gasteiger partial charge in [0.05, 0.1) is 34.0 Å². The first kappa shape index (κ1) is 27.6. The summed E-state index contributed by atoms with van der Waals surface area (Å²) in [5, 5.41) is 11.1. The molecular formula is C20H33Cl3N4O2S. The molecular weight excluding hydrogens is 467 g/mol. The van der Waals surface area contributed by atoms with E-state index in [0.29, 0.717) is 5.25 Å². The van der Waals surface area contributed by atoms with E-state index in [1.54, 1.807) is 18.9 Å². The highest BCUT2D eigenvalue weighted by Crippen LogP contribution is 2.34. The van der Waals surface area contributed by atoms with E-state index in [9.17, 15) is 0 Å². The second kappa shape index (κ2) is 12.0. The van der Waals surface area contributed by atoms with E-state index in [0.717, 1.165) is 66.0 Å². The van der Waals surface area contributed by atoms with Gasteiger partial charge < -0.3 is 19.7 Å². The number of anilines is 1. The van der Waals surface area contributed by atoms with E-state index in [2.05, 4.69) is 41.6 Å². The Morgan fingerprint density at radius 1 is 1.27 bits per heavy atom. The van der Waals surface area contributed by atoms with Gasteiger partial charge >= 0.3 is 0 Å². The molecule has 2 N–H and O–H groups in total. The minimum absolute atomic E-state index is 0. The number of ether oxygens (including phenoxy) is 1. The standard InChI is InChI=1S/C20H31ClN4O2S.2ClH/c1-14(13-20(2,3)27-4)28-19-22-16-11-15(21)18(12-17(16)23-19)25-7-5-24(6-8-25)9-10-26;;/h11-12,14,26H,5-10,13H2,1-4H3,(H,22,23);2*1H. The smallest absolute Gasteiger partial charge is 0.166 e. The Bertz CT molecular complexity index is 798. The molecule has 1 aliphatic rings. The van der Waals surface area contributed by atoms with Gasteiger partial charge in [-0.3, -0.25) is 4.90 Å². The second-order valence-corrected chi connectivity index (χ2v) is 9.85. The Morgan fingerprint density at radius 3 is 2.53 bits per heavy atom. The first-order chi connectivity index (χ1) is 13.3. The second-order valence-electron chi connectivity index (χ2n) is 8.01. The van der Waals surface area contributed by atoms with Gasteiger partial charge in [0.15, 0.2) is 5.16 Å². The van der Waals surface area contributed by atoms with Crippen LogP contribution in [0.1, 0.15) is 27.2 Å². The lowest BCUT2D eigenvalue weighted by Crippen LogP contribution is -2.47. The topological polar surface area (TPSA) is 64.6 Å². The van der Waals surface area contributed by atoms with Crippen LogP contribution in [0.25, 0.3) is 11.0 Å². The summed E-state index contributed by atoms with van der Waals surface area (Å²) in [5.41, 5.74) is 2.80. The third-order valence-corrected chi connectivity index (χ3v) is 6.59. The van der Waals surface area contributed by atoms with Crippen molar-refractivity contribution in [3.05, 3.63) is 17.2 Å². The van der Waals surface area contributed by atoms with Crippen molar-refractivity contribution in [2.75, 3.05) is 51.3 Å². The Balaban J connectivity index is 0.00000225. The van der Waals surface area contributed by atoms with Crippen LogP contribution in [0.4, 0.5) is 5.69 Å². The molecule has 1 aromatic heterocycles. The van der Waals surface area contributed by atoms with Gasteiger partial charge in [-0.1, -0.05) is 30.3 Å². The number of nitrogens with one attached hydrogen (secondary N) is 1. The molecule has 0 spiro atoms. The third kappa shape index (κ3) is 7.05. The van der Waals surface area contributed by atoms with E-state index in [4.69, 9.17) is 26.4 Å². The first-order valence-corrected chi connectivity index (χ1v) is 11.1. The molecule has 6 nitrogen and oxygen atoms in total. The predicted octanol–water partition coefficient (Wildman–Crippen LogP) is 4.47. The first-order valence-electron chi connectivity index (χ1n) is 9.80. The molecule has 30 heavy (non-hydrogen) atoms. The number of halogens is 3. The van der Waals surface area contributed by atoms with Crippen molar-refractivity contribution in [1.82, 2.24) is 14.9 Å². The van der Waals surface area contributed by atoms with Crippen LogP contribution >= 0.6 is 48.2 Å². The number of imidazole rings is 1. The maximum atomic E-state index is 9.11. The number of H-pyrrole nitrogens is 1. The normalized spacial score (nSPS) is 16.3. The fraction of sp³-hybridized carbons (Fsp3) is 0.650. The molecule has 1 fully saturated rings. The van der Waals surface area contributed by atoms with Crippen molar-refractivity contribution in [2.24, 2.45) is 0 Å². The molecule has 0 amide bonds. The fourth-order valence-electron chi connectivity index (χ4n) is 3.66. The third-order valence-electron chi connectivity index (χ3n) is 5.30. The average molecular weight is 500 g/mol. The summed E-state index contributed by atoms with van der Waals surface area (Å²) in [5.74, 6) is 0. The van der Waals surface area contributed by atoms with Gasteiger partial charge in [0.1, 0.15) is 0 Å². The van der Waals surface area contributed by atoms with E-state index in [-0.39, 0.29) is 37.0 Å². The molecule has 0 aliphatic carbocycles. The van der Waals surface area contributed by atoms with E-state index in [1.807, 2.05) is 6.07 Å². The highest BCUT2D eigenvalue weighted by Gasteiger charge is 2.23. The highest BCUT2D eigenvalue weighted by molar-refractivity contribution is 7.99. The number of thioether (sulfide) groups is 1. The van der Waals surface area contributed by atoms with Gasteiger partial charge in [0, 0.05) is 45.1 Å². The lowest BCUT2D eigenvalue weighted by Gasteiger charge is -2.36. The molecule has 1 unspecified atom stereocenters. The minimum Gasteiger partial charge on any atom is -0.395 e. The SMILES string of the molecule is COC(C)(C)CC(C)Sc1nc2cc(N3CCN(CCO)CC3)c(Cl)cc2[nH]1.Cl.Cl. The van der Waals surface area contributed by atoms with Crippen LogP contribution < -0.4 is 4.90 Å². The van der Waals surface area contributed by atoms with Crippen molar-refractivity contribution in [2.45, 2.75) is 43.2 Å². The Labute approximate surface area is 200 Å². The summed E-state index contributed by atoms with van der Waals surface area (Å²) in [6.07, 6.45) is 0.940. The number of aromatic amines is 1. The van der Waals surface area contributed by atoms with Crippen LogP contribution in [0.15, 0.2) is 17.3 Å². The number of aliphatic hydroxyl groups excluding tert-OH is 1. The maximum absolute atomic E-state index is 9.11. The molecule has 2 aromatic rings. The van der Waals surface area contributed by atoms with E-state index in [1.165, 1.54) is 0 Å². The number of hydrogen-bond donors (Lipinski definition) is 2. The number of rotatable bonds is 8. The predicted molar refractivity (Wildman–Crippen MR) is 132 cm³/mol. The van der Waals surface area contributed by atoms with Crippen molar-refractivity contribution >= 4 is 64.9 Å². The average Bonchev–Trinajstić information content (AvgIpc) is 3.02. The number of piperazine rings is 1. The highest BCUT2D eigenvalue weighted by atomic mass is 35.5. The molecule has 172 valence electrons. The van der Waals surface area contributed by atoms with Crippen LogP contribution in [0.2, 0.25) is 5.02 Å². The molecule has 1 aliphatic heterocycles. The number of β-amino-alcohol motifs (C(OH)–C–C–N with tert-alkyl or cyclic N) is 1. The van der Waals surface area contributed by atoms with Crippen LogP contribution in [-0.2, 0) is 4.74 Å². The zero-order valence-corrected chi connectivity index (χ0v) is 21.2. The van der Waals surface area contributed by atoms with Crippen LogP contribution in [0.3, 0.4) is 0 Å². The largest absolute Gasteiger partial charge is 0.395 e. The summed E-state index contributed by atoms with van der Waals surface area (Å²) >= 11 is 8.32. The quantitative estimate of drug-likeness (QED) is 0.523. The minimum atomic E-state index is -0.146. The van der Waals surface area contributed by atoms with Gasteiger partial charge in [-0.15, -0.1) is 24.8 Å². The summed E-state index contributed by atoms with van der Waals surface area (Å²) in [4.78, 5) is 12.8. The van der Waals surface area contributed by atoms with E-state index >= 15 is 0 Å². The molecule has 1 saturated heterocycles. The molecule has 0 bridgehead atoms. The van der Waals surface area contributed by atoms with Crippen molar-refractivity contribution in [1.29, 1.82) is 0 Å². The molecule has 2 heterocycles. The van der Waals surface area contributed by atoms with Crippen molar-refractivity contribution in [3.63, 3.8) is 0 Å². The van der Waals surface area contributed by atoms with Gasteiger partial charge in [-0.25, -0.2) is 4.98 Å². The van der Waals surface area contributed by atoms with Gasteiger partial charge in [0.25, 0.3) is 0 Å². The zero-order valence-electron chi connectivity index (χ0n) is 18.0. The number of fused-ring (bicyclic) bond motifs is 1. The summed E-state index contributed by atoms with van der Waals surface area (Å²) in [7, 11) is 1.76. The number of hydrogen-bond acceptors (Lipinski definition) is 6. The molecule has 0 radical (unpaired) electrons. The number of benzene rings is 1. The van der Waals surface area contributed by atoms with E-state index < -0.39 is 0 Å². The number of aliphatic hydroxyl groups is 1. The van der Waals surface area contributed by atoms with Crippen molar-refractivity contribution < 1.29 is 9.84 Å². The van der Waals surface area contributed by atoms with Crippen LogP contribution in [0, 0.1) is 0 Å². The Morgan fingerprint density at radius 2 is 1.93 bits per heavy atom. The van der Waals surface area contributed by atoms with Crippen LogP contribution in [0.5, 0.6) is 0 Å². The van der Waals surface area contributed by atoms with Crippen molar-refractivity contribution in [3.8, 4) is 0 Å². The Kier molecular flexibility index (Phi) is 11.0. The van der Waals surface area contributed by atoms with Gasteiger partial charge in [-0.2, -0.15) is 0 Å².